The first-order valence-corrected chi connectivity index (χ1v) is 18.9. The van der Waals surface area contributed by atoms with E-state index in [9.17, 15) is 14.7 Å². The second-order valence-electron chi connectivity index (χ2n) is 12.7. The third-order valence-corrected chi connectivity index (χ3v) is 8.48. The van der Waals surface area contributed by atoms with Crippen LogP contribution in [0.3, 0.4) is 0 Å². The Hall–Kier alpha value is -1.68. The van der Waals surface area contributed by atoms with Gasteiger partial charge in [0.15, 0.2) is 5.78 Å². The van der Waals surface area contributed by atoms with Gasteiger partial charge in [-0.2, -0.15) is 0 Å². The number of carbonyl (C=O) groups excluding carboxylic acids is 2. The Morgan fingerprint density at radius 1 is 0.545 bits per heavy atom. The smallest absolute Gasteiger partial charge is 0.345 e. The van der Waals surface area contributed by atoms with Crippen LogP contribution in [-0.4, -0.2) is 29.1 Å². The molecule has 0 aromatic carbocycles. The van der Waals surface area contributed by atoms with Crippen molar-refractivity contribution < 1.29 is 19.4 Å². The summed E-state index contributed by atoms with van der Waals surface area (Å²) in [4.78, 5) is 25.9. The Balaban J connectivity index is 4.18. The molecule has 0 aliphatic heterocycles. The summed E-state index contributed by atoms with van der Waals surface area (Å²) in [5.41, 5.74) is -1.98. The number of hydrogen-bond acceptors (Lipinski definition) is 4. The van der Waals surface area contributed by atoms with Gasteiger partial charge in [-0.25, -0.2) is 4.79 Å². The molecular weight excluding hydrogens is 544 g/mol. The highest BCUT2D eigenvalue weighted by molar-refractivity contribution is 6.06. The van der Waals surface area contributed by atoms with Gasteiger partial charge >= 0.3 is 5.97 Å². The van der Waals surface area contributed by atoms with Crippen LogP contribution in [0, 0.1) is 0 Å². The molecule has 0 aromatic rings. The average molecular weight is 617 g/mol. The number of ketones is 1. The summed E-state index contributed by atoms with van der Waals surface area (Å²) < 4.78 is 5.34. The molecule has 1 unspecified atom stereocenters. The highest BCUT2D eigenvalue weighted by Crippen LogP contribution is 2.23. The van der Waals surface area contributed by atoms with Gasteiger partial charge in [0, 0.05) is 6.42 Å². The number of rotatable bonds is 33. The first kappa shape index (κ1) is 42.3. The lowest BCUT2D eigenvalue weighted by Gasteiger charge is -2.25. The molecule has 0 radical (unpaired) electrons. The SMILES string of the molecule is CC/C=C\C/C=C\C/C=C\CCCCCCCC(=O)C(O)(CCCCCCCCCCCCCCCC)C(=O)OCCCC. The maximum atomic E-state index is 13.1. The Morgan fingerprint density at radius 2 is 1.00 bits per heavy atom. The molecule has 0 aromatic heterocycles. The van der Waals surface area contributed by atoms with Crippen molar-refractivity contribution >= 4 is 11.8 Å². The molecule has 0 saturated heterocycles. The third kappa shape index (κ3) is 25.6. The molecule has 4 heteroatoms. The minimum Gasteiger partial charge on any atom is -0.463 e. The van der Waals surface area contributed by atoms with Crippen LogP contribution in [0.2, 0.25) is 0 Å². The molecule has 0 aliphatic rings. The summed E-state index contributed by atoms with van der Waals surface area (Å²) >= 11 is 0. The molecule has 1 N–H and O–H groups in total. The molecule has 1 atom stereocenters. The van der Waals surface area contributed by atoms with Crippen LogP contribution in [0.5, 0.6) is 0 Å². The zero-order valence-corrected chi connectivity index (χ0v) is 29.4. The molecule has 0 aliphatic carbocycles. The van der Waals surface area contributed by atoms with E-state index in [0.29, 0.717) is 6.42 Å². The van der Waals surface area contributed by atoms with Crippen LogP contribution in [0.1, 0.15) is 194 Å². The lowest BCUT2D eigenvalue weighted by molar-refractivity contribution is -0.171. The number of esters is 1. The fourth-order valence-corrected chi connectivity index (χ4v) is 5.47. The molecule has 0 rings (SSSR count). The molecule has 0 fully saturated rings. The normalized spacial score (nSPS) is 13.4. The van der Waals surface area contributed by atoms with Gasteiger partial charge in [0.1, 0.15) is 0 Å². The van der Waals surface area contributed by atoms with Gasteiger partial charge in [-0.3, -0.25) is 4.79 Å². The van der Waals surface area contributed by atoms with Crippen LogP contribution in [0.25, 0.3) is 0 Å². The quantitative estimate of drug-likeness (QED) is 0.0345. The van der Waals surface area contributed by atoms with Crippen LogP contribution >= 0.6 is 0 Å². The molecule has 256 valence electrons. The van der Waals surface area contributed by atoms with E-state index in [-0.39, 0.29) is 25.2 Å². The molecule has 4 nitrogen and oxygen atoms in total. The molecule has 0 bridgehead atoms. The van der Waals surface area contributed by atoms with Crippen molar-refractivity contribution in [3.05, 3.63) is 36.5 Å². The zero-order valence-electron chi connectivity index (χ0n) is 29.4. The van der Waals surface area contributed by atoms with Gasteiger partial charge in [0.05, 0.1) is 6.61 Å². The Bertz CT molecular complexity index is 738. The molecule has 0 saturated carbocycles. The third-order valence-electron chi connectivity index (χ3n) is 8.48. The van der Waals surface area contributed by atoms with Crippen molar-refractivity contribution in [1.82, 2.24) is 0 Å². The first-order valence-electron chi connectivity index (χ1n) is 18.9. The number of Topliss-reactive ketones (excluding diaryl/α,β-unsaturated/α-hetero) is 1. The lowest BCUT2D eigenvalue weighted by Crippen LogP contribution is -2.48. The Labute approximate surface area is 273 Å². The minimum absolute atomic E-state index is 0.186. The topological polar surface area (TPSA) is 63.6 Å². The molecule has 44 heavy (non-hydrogen) atoms. The zero-order chi connectivity index (χ0) is 32.4. The van der Waals surface area contributed by atoms with E-state index < -0.39 is 11.6 Å². The van der Waals surface area contributed by atoms with Crippen LogP contribution < -0.4 is 0 Å². The summed E-state index contributed by atoms with van der Waals surface area (Å²) in [7, 11) is 0. The van der Waals surface area contributed by atoms with E-state index in [0.717, 1.165) is 83.5 Å². The van der Waals surface area contributed by atoms with Crippen LogP contribution in [0.15, 0.2) is 36.5 Å². The fraction of sp³-hybridized carbons (Fsp3) is 0.800. The van der Waals surface area contributed by atoms with Crippen molar-refractivity contribution in [2.75, 3.05) is 6.61 Å². The van der Waals surface area contributed by atoms with Crippen molar-refractivity contribution in [1.29, 1.82) is 0 Å². The fourth-order valence-electron chi connectivity index (χ4n) is 5.47. The summed E-state index contributed by atoms with van der Waals surface area (Å²) in [6.07, 6.45) is 42.0. The first-order chi connectivity index (χ1) is 21.5. The van der Waals surface area contributed by atoms with Crippen molar-refractivity contribution in [2.24, 2.45) is 0 Å². The molecule has 0 amide bonds. The second-order valence-corrected chi connectivity index (χ2v) is 12.7. The van der Waals surface area contributed by atoms with Crippen LogP contribution in [0.4, 0.5) is 0 Å². The van der Waals surface area contributed by atoms with E-state index >= 15 is 0 Å². The van der Waals surface area contributed by atoms with Gasteiger partial charge in [0.2, 0.25) is 5.60 Å². The summed E-state index contributed by atoms with van der Waals surface area (Å²) in [5.74, 6) is -1.08. The van der Waals surface area contributed by atoms with Gasteiger partial charge in [-0.05, 0) is 57.8 Å². The maximum Gasteiger partial charge on any atom is 0.345 e. The predicted octanol–water partition coefficient (Wildman–Crippen LogP) is 12.1. The van der Waals surface area contributed by atoms with E-state index in [4.69, 9.17) is 4.74 Å². The van der Waals surface area contributed by atoms with Crippen molar-refractivity contribution in [3.8, 4) is 0 Å². The lowest BCUT2D eigenvalue weighted by atomic mass is 9.88. The van der Waals surface area contributed by atoms with Gasteiger partial charge in [-0.15, -0.1) is 0 Å². The van der Waals surface area contributed by atoms with E-state index in [2.05, 4.69) is 50.3 Å². The minimum atomic E-state index is -1.98. The summed E-state index contributed by atoms with van der Waals surface area (Å²) in [6, 6.07) is 0. The Morgan fingerprint density at radius 3 is 1.55 bits per heavy atom. The largest absolute Gasteiger partial charge is 0.463 e. The number of carbonyl (C=O) groups is 2. The highest BCUT2D eigenvalue weighted by Gasteiger charge is 2.43. The molecule has 0 heterocycles. The number of unbranched alkanes of at least 4 members (excludes halogenated alkanes) is 19. The van der Waals surface area contributed by atoms with Gasteiger partial charge in [0.25, 0.3) is 0 Å². The number of hydrogen-bond donors (Lipinski definition) is 1. The molecule has 0 spiro atoms. The van der Waals surface area contributed by atoms with E-state index in [1.165, 1.54) is 70.6 Å². The predicted molar refractivity (Wildman–Crippen MR) is 190 cm³/mol. The van der Waals surface area contributed by atoms with E-state index in [1.807, 2.05) is 6.92 Å². The van der Waals surface area contributed by atoms with E-state index in [1.54, 1.807) is 0 Å². The monoisotopic (exact) mass is 617 g/mol. The molecular formula is C40H72O4. The standard InChI is InChI=1S/C40H72O4/c1-4-7-10-12-14-16-18-20-22-23-25-27-29-31-33-35-38(41)40(43,39(42)44-37-9-6-3)36-34-32-30-28-26-24-21-19-17-15-13-11-8-5-2/h7,10,14,16,20,22,43H,4-6,8-9,11-13,15,17-19,21,23-37H2,1-3H3/b10-7-,16-14-,22-20-. The van der Waals surface area contributed by atoms with Crippen molar-refractivity contribution in [3.63, 3.8) is 0 Å². The van der Waals surface area contributed by atoms with Gasteiger partial charge < -0.3 is 9.84 Å². The average Bonchev–Trinajstić information content (AvgIpc) is 3.02. The van der Waals surface area contributed by atoms with Crippen LogP contribution in [-0.2, 0) is 14.3 Å². The van der Waals surface area contributed by atoms with Gasteiger partial charge in [-0.1, -0.05) is 166 Å². The number of ether oxygens (including phenoxy) is 1. The highest BCUT2D eigenvalue weighted by atomic mass is 16.5. The second kappa shape index (κ2) is 32.7. The summed E-state index contributed by atoms with van der Waals surface area (Å²) in [5, 5.41) is 11.2. The van der Waals surface area contributed by atoms with Crippen molar-refractivity contribution in [2.45, 2.75) is 200 Å². The maximum absolute atomic E-state index is 13.1. The number of aliphatic hydroxyl groups is 1. The Kier molecular flexibility index (Phi) is 31.5. The number of allylic oxidation sites excluding steroid dienone is 6. The summed E-state index contributed by atoms with van der Waals surface area (Å²) in [6.45, 7) is 6.71.